The summed E-state index contributed by atoms with van der Waals surface area (Å²) >= 11 is 0. The monoisotopic (exact) mass is 782 g/mol. The normalized spacial score (nSPS) is 17.6. The summed E-state index contributed by atoms with van der Waals surface area (Å²) in [7, 11) is -12.3. The minimum atomic E-state index is -9.07. The third-order valence-corrected chi connectivity index (χ3v) is 8.86. The first-order valence-electron chi connectivity index (χ1n) is 11.6. The summed E-state index contributed by atoms with van der Waals surface area (Å²) in [6, 6.07) is 0. The molecule has 0 fully saturated rings. The second-order valence-corrected chi connectivity index (χ2v) is 13.3. The third kappa shape index (κ3) is 8.11. The van der Waals surface area contributed by atoms with Crippen LogP contribution in [-0.4, -0.2) is 144 Å². The highest BCUT2D eigenvalue weighted by molar-refractivity contribution is 7.90. The van der Waals surface area contributed by atoms with E-state index in [1.165, 1.54) is 0 Å². The number of likely N-dealkylation sites (N-methyl/N-ethyl adjacent to an activating group) is 1. The van der Waals surface area contributed by atoms with Crippen molar-refractivity contribution < 1.29 is 116 Å². The molecule has 4 N–H and O–H groups in total. The summed E-state index contributed by atoms with van der Waals surface area (Å²) in [5.74, 6) is -55.0. The SMILES string of the molecule is C[N+]([CH-]O)(CCO)CCCN(CC(O)CS(=O)(=O)O)S(=O)(=O)C(F)(F)C(F)(F)C(F)(F)C(F)(F)C(F)(F)C(F)(F)C(F)(F)C(F)(F)F. The van der Waals surface area contributed by atoms with Crippen molar-refractivity contribution in [3.8, 4) is 0 Å². The van der Waals surface area contributed by atoms with Gasteiger partial charge in [0.05, 0.1) is 25.8 Å². The average Bonchev–Trinajstić information content (AvgIpc) is 2.85. The highest BCUT2D eigenvalue weighted by Crippen LogP contribution is 2.64. The zero-order valence-corrected chi connectivity index (χ0v) is 24.3. The van der Waals surface area contributed by atoms with Crippen LogP contribution in [-0.2, 0) is 20.1 Å². The standard InChI is InChI=1S/C18H23F17N2O8S2/c1-37(9-39,5-6-38)4-2-3-36(7-10(40)8-46(41,42)43)47(44,45)18(34,35)16(29,30)14(25,26)12(21,22)11(19,20)13(23,24)15(27,28)17(31,32)33/h9-10,38-40H,2-8H2,1H3,(H,41,42,43). The number of rotatable bonds is 19. The van der Waals surface area contributed by atoms with E-state index < -0.39 is 127 Å². The minimum absolute atomic E-state index is 0.242. The van der Waals surface area contributed by atoms with E-state index in [1.807, 2.05) is 0 Å². The van der Waals surface area contributed by atoms with Crippen LogP contribution in [0.15, 0.2) is 0 Å². The van der Waals surface area contributed by atoms with Gasteiger partial charge in [0.15, 0.2) is 0 Å². The fourth-order valence-corrected chi connectivity index (χ4v) is 5.48. The molecule has 0 aromatic heterocycles. The lowest BCUT2D eigenvalue weighted by molar-refractivity contribution is -0.895. The van der Waals surface area contributed by atoms with Crippen LogP contribution in [0.4, 0.5) is 74.6 Å². The van der Waals surface area contributed by atoms with Gasteiger partial charge in [0.25, 0.3) is 20.1 Å². The summed E-state index contributed by atoms with van der Waals surface area (Å²) in [5, 5.41) is 19.8. The van der Waals surface area contributed by atoms with Gasteiger partial charge in [-0.25, -0.2) is 8.42 Å². The van der Waals surface area contributed by atoms with Gasteiger partial charge in [-0.15, -0.1) is 0 Å². The molecular weight excluding hydrogens is 759 g/mol. The van der Waals surface area contributed by atoms with Gasteiger partial charge in [-0.05, 0) is 6.73 Å². The number of quaternary nitrogens is 1. The molecule has 0 spiro atoms. The number of hydrogen-bond acceptors (Lipinski definition) is 7. The Labute approximate surface area is 252 Å². The lowest BCUT2D eigenvalue weighted by Crippen LogP contribution is -2.75. The van der Waals surface area contributed by atoms with Crippen molar-refractivity contribution in [1.29, 1.82) is 0 Å². The molecule has 284 valence electrons. The maximum atomic E-state index is 14.7. The van der Waals surface area contributed by atoms with E-state index in [0.29, 0.717) is 0 Å². The molecule has 0 heterocycles. The molecule has 2 atom stereocenters. The zero-order valence-electron chi connectivity index (χ0n) is 22.7. The zero-order chi connectivity index (χ0) is 38.3. The first-order chi connectivity index (χ1) is 20.3. The summed E-state index contributed by atoms with van der Waals surface area (Å²) in [5.41, 5.74) is 0. The van der Waals surface area contributed by atoms with Gasteiger partial charge in [-0.3, -0.25) is 4.55 Å². The molecule has 0 radical (unpaired) electrons. The second-order valence-electron chi connectivity index (χ2n) is 9.85. The molecular formula is C18H23F17N2O8S2. The van der Waals surface area contributed by atoms with Crippen molar-refractivity contribution in [1.82, 2.24) is 4.31 Å². The number of halogens is 17. The summed E-state index contributed by atoms with van der Waals surface area (Å²) in [6.07, 6.45) is -12.1. The quantitative estimate of drug-likeness (QED) is 0.0676. The predicted octanol–water partition coefficient (Wildman–Crippen LogP) is 3.15. The molecule has 0 amide bonds. The highest BCUT2D eigenvalue weighted by atomic mass is 32.2. The van der Waals surface area contributed by atoms with Crippen LogP contribution in [0.2, 0.25) is 0 Å². The molecule has 2 unspecified atom stereocenters. The molecule has 0 bridgehead atoms. The fourth-order valence-electron chi connectivity index (χ4n) is 3.38. The summed E-state index contributed by atoms with van der Waals surface area (Å²) in [4.78, 5) is 0. The van der Waals surface area contributed by atoms with Crippen LogP contribution in [0, 0.1) is 6.73 Å². The molecule has 0 saturated heterocycles. The first-order valence-corrected chi connectivity index (χ1v) is 14.7. The van der Waals surface area contributed by atoms with Crippen LogP contribution in [0.3, 0.4) is 0 Å². The van der Waals surface area contributed by atoms with Gasteiger partial charge in [-0.2, -0.15) is 87.4 Å². The van der Waals surface area contributed by atoms with Crippen molar-refractivity contribution in [3.63, 3.8) is 0 Å². The van der Waals surface area contributed by atoms with Crippen molar-refractivity contribution in [2.45, 2.75) is 59.5 Å². The second kappa shape index (κ2) is 13.6. The Morgan fingerprint density at radius 1 is 0.702 bits per heavy atom. The first kappa shape index (κ1) is 45.5. The Bertz CT molecular complexity index is 1300. The molecule has 0 aromatic carbocycles. The fraction of sp³-hybridized carbons (Fsp3) is 0.944. The average molecular weight is 782 g/mol. The van der Waals surface area contributed by atoms with E-state index >= 15 is 0 Å². The van der Waals surface area contributed by atoms with Crippen LogP contribution < -0.4 is 0 Å². The molecule has 0 rings (SSSR count). The lowest BCUT2D eigenvalue weighted by Gasteiger charge is -2.43. The maximum Gasteiger partial charge on any atom is 0.460 e. The Morgan fingerprint density at radius 3 is 1.43 bits per heavy atom. The van der Waals surface area contributed by atoms with Crippen molar-refractivity contribution in [2.75, 3.05) is 45.6 Å². The molecule has 0 aromatic rings. The molecule has 10 nitrogen and oxygen atoms in total. The van der Waals surface area contributed by atoms with E-state index in [0.717, 1.165) is 7.05 Å². The largest absolute Gasteiger partial charge is 0.509 e. The Kier molecular flexibility index (Phi) is 13.2. The van der Waals surface area contributed by atoms with E-state index in [2.05, 4.69) is 0 Å². The van der Waals surface area contributed by atoms with Crippen LogP contribution in [0.1, 0.15) is 6.42 Å². The molecule has 47 heavy (non-hydrogen) atoms. The molecule has 29 heteroatoms. The van der Waals surface area contributed by atoms with Gasteiger partial charge >= 0.3 is 47.0 Å². The van der Waals surface area contributed by atoms with Crippen LogP contribution in [0.25, 0.3) is 0 Å². The molecule has 0 saturated carbocycles. The van der Waals surface area contributed by atoms with Crippen molar-refractivity contribution in [3.05, 3.63) is 6.73 Å². The van der Waals surface area contributed by atoms with Crippen molar-refractivity contribution >= 4 is 20.1 Å². The molecule has 0 aliphatic rings. The predicted molar refractivity (Wildman–Crippen MR) is 117 cm³/mol. The van der Waals surface area contributed by atoms with Gasteiger partial charge in [0.1, 0.15) is 5.75 Å². The van der Waals surface area contributed by atoms with Crippen LogP contribution >= 0.6 is 0 Å². The Balaban J connectivity index is 7.16. The van der Waals surface area contributed by atoms with E-state index in [9.17, 15) is 102 Å². The van der Waals surface area contributed by atoms with Crippen molar-refractivity contribution in [2.24, 2.45) is 0 Å². The maximum absolute atomic E-state index is 14.7. The highest BCUT2D eigenvalue weighted by Gasteiger charge is 2.96. The van der Waals surface area contributed by atoms with E-state index in [1.54, 1.807) is 0 Å². The van der Waals surface area contributed by atoms with Gasteiger partial charge in [-0.1, -0.05) is 0 Å². The number of hydrogen-bond donors (Lipinski definition) is 4. The van der Waals surface area contributed by atoms with E-state index in [4.69, 9.17) is 9.66 Å². The molecule has 0 aliphatic carbocycles. The Hall–Kier alpha value is -1.53. The topological polar surface area (TPSA) is 152 Å². The number of aliphatic hydroxyl groups is 3. The summed E-state index contributed by atoms with van der Waals surface area (Å²) < 4.78 is 285. The molecule has 0 aliphatic heterocycles. The lowest BCUT2D eigenvalue weighted by atomic mass is 9.91. The van der Waals surface area contributed by atoms with Gasteiger partial charge in [0.2, 0.25) is 0 Å². The van der Waals surface area contributed by atoms with Gasteiger partial charge < -0.3 is 19.8 Å². The minimum Gasteiger partial charge on any atom is -0.509 e. The third-order valence-electron chi connectivity index (χ3n) is 6.14. The summed E-state index contributed by atoms with van der Waals surface area (Å²) in [6.45, 7) is -5.87. The number of sulfonamides is 1. The number of alkyl halides is 17. The smallest absolute Gasteiger partial charge is 0.460 e. The Morgan fingerprint density at radius 2 is 1.09 bits per heavy atom. The number of aliphatic hydroxyl groups excluding tert-OH is 3. The van der Waals surface area contributed by atoms with Gasteiger partial charge in [0, 0.05) is 26.6 Å². The number of nitrogens with zero attached hydrogens (tertiary/aromatic N) is 2. The van der Waals surface area contributed by atoms with Crippen LogP contribution in [0.5, 0.6) is 0 Å². The van der Waals surface area contributed by atoms with E-state index in [-0.39, 0.29) is 6.73 Å².